The van der Waals surface area contributed by atoms with Crippen molar-refractivity contribution in [1.29, 1.82) is 0 Å². The monoisotopic (exact) mass is 876 g/mol. The van der Waals surface area contributed by atoms with Crippen LogP contribution in [0.5, 0.6) is 5.75 Å². The van der Waals surface area contributed by atoms with Gasteiger partial charge in [-0.3, -0.25) is 34.6 Å². The average Bonchev–Trinajstić information content (AvgIpc) is 3.62. The third-order valence-corrected chi connectivity index (χ3v) is 8.17. The van der Waals surface area contributed by atoms with Crippen molar-refractivity contribution in [2.45, 2.75) is 39.2 Å². The van der Waals surface area contributed by atoms with E-state index in [0.29, 0.717) is 69.2 Å². The molecule has 1 heterocycles. The minimum absolute atomic E-state index is 0.0283. The first-order valence-electron chi connectivity index (χ1n) is 19.9. The molecule has 0 spiro atoms. The van der Waals surface area contributed by atoms with Gasteiger partial charge in [0.05, 0.1) is 106 Å². The van der Waals surface area contributed by atoms with Crippen LogP contribution in [0.25, 0.3) is 10.9 Å². The largest absolute Gasteiger partial charge is 0.490 e. The SMILES string of the molecule is CC(C)(C)OC(=O)n1c(C=O)cc2c(OCCOCCOCCOCCNC(=O)CCC(=O)NCCOCCOCCOCCNc3ccc([N+](=O)[O-])cc3[N+](=O)[O-])cccc21. The van der Waals surface area contributed by atoms with E-state index in [-0.39, 0.29) is 101 Å². The van der Waals surface area contributed by atoms with Crippen molar-refractivity contribution in [1.82, 2.24) is 15.2 Å². The summed E-state index contributed by atoms with van der Waals surface area (Å²) < 4.78 is 45.3. The molecule has 0 aliphatic heterocycles. The van der Waals surface area contributed by atoms with E-state index in [1.165, 1.54) is 16.7 Å². The smallest absolute Gasteiger partial charge is 0.419 e. The van der Waals surface area contributed by atoms with Crippen molar-refractivity contribution in [3.63, 3.8) is 0 Å². The predicted octanol–water partition coefficient (Wildman–Crippen LogP) is 3.66. The highest BCUT2D eigenvalue weighted by Gasteiger charge is 2.23. The number of carbonyl (C=O) groups is 4. The van der Waals surface area contributed by atoms with Crippen LogP contribution in [-0.4, -0.2) is 150 Å². The second-order valence-corrected chi connectivity index (χ2v) is 14.1. The van der Waals surface area contributed by atoms with Crippen LogP contribution >= 0.6 is 0 Å². The summed E-state index contributed by atoms with van der Waals surface area (Å²) in [6, 6.07) is 10.1. The van der Waals surface area contributed by atoms with Gasteiger partial charge < -0.3 is 53.8 Å². The Morgan fingerprint density at radius 3 is 1.69 bits per heavy atom. The lowest BCUT2D eigenvalue weighted by Crippen LogP contribution is -2.31. The fourth-order valence-electron chi connectivity index (χ4n) is 5.36. The molecule has 1 aromatic heterocycles. The summed E-state index contributed by atoms with van der Waals surface area (Å²) in [7, 11) is 0. The molecular formula is C40H56N6O16. The van der Waals surface area contributed by atoms with E-state index in [1.807, 2.05) is 0 Å². The summed E-state index contributed by atoms with van der Waals surface area (Å²) in [5, 5.41) is 30.8. The van der Waals surface area contributed by atoms with Crippen LogP contribution in [0.4, 0.5) is 21.9 Å². The van der Waals surface area contributed by atoms with E-state index >= 15 is 0 Å². The molecule has 2 amide bonds. The molecule has 2 aromatic carbocycles. The molecule has 0 unspecified atom stereocenters. The van der Waals surface area contributed by atoms with Crippen LogP contribution in [0.1, 0.15) is 44.1 Å². The topological polar surface area (TPSA) is 269 Å². The molecule has 3 N–H and O–H groups in total. The highest BCUT2D eigenvalue weighted by atomic mass is 16.6. The summed E-state index contributed by atoms with van der Waals surface area (Å²) in [6.07, 6.45) is 0.00188. The fourth-order valence-corrected chi connectivity index (χ4v) is 5.36. The van der Waals surface area contributed by atoms with Crippen LogP contribution in [0.3, 0.4) is 0 Å². The number of ether oxygens (including phenoxy) is 8. The Hall–Kier alpha value is -5.78. The molecule has 0 saturated carbocycles. The van der Waals surface area contributed by atoms with Crippen LogP contribution in [-0.2, 0) is 42.7 Å². The molecule has 22 heteroatoms. The molecule has 0 fully saturated rings. The number of amides is 2. The van der Waals surface area contributed by atoms with E-state index in [1.54, 1.807) is 45.0 Å². The van der Waals surface area contributed by atoms with Crippen molar-refractivity contribution < 1.29 is 66.9 Å². The zero-order valence-electron chi connectivity index (χ0n) is 35.2. The maximum absolute atomic E-state index is 12.7. The summed E-state index contributed by atoms with van der Waals surface area (Å²) in [6.45, 7) is 9.85. The predicted molar refractivity (Wildman–Crippen MR) is 223 cm³/mol. The Kier molecular flexibility index (Phi) is 22.8. The van der Waals surface area contributed by atoms with Gasteiger partial charge in [0, 0.05) is 43.9 Å². The third kappa shape index (κ3) is 19.3. The molecule has 3 aromatic rings. The molecule has 0 bridgehead atoms. The number of anilines is 1. The van der Waals surface area contributed by atoms with Gasteiger partial charge in [-0.2, -0.15) is 0 Å². The Morgan fingerprint density at radius 1 is 0.677 bits per heavy atom. The van der Waals surface area contributed by atoms with Crippen molar-refractivity contribution >= 4 is 52.2 Å². The van der Waals surface area contributed by atoms with E-state index < -0.39 is 27.2 Å². The number of hydrogen-bond acceptors (Lipinski definition) is 17. The molecule has 0 aliphatic rings. The van der Waals surface area contributed by atoms with Gasteiger partial charge in [-0.1, -0.05) is 6.07 Å². The number of benzene rings is 2. The number of nitro benzene ring substituents is 2. The number of aldehydes is 1. The number of nitro groups is 2. The van der Waals surface area contributed by atoms with Gasteiger partial charge in [-0.15, -0.1) is 0 Å². The van der Waals surface area contributed by atoms with Gasteiger partial charge in [-0.25, -0.2) is 9.36 Å². The third-order valence-electron chi connectivity index (χ3n) is 8.17. The molecule has 0 saturated heterocycles. The number of fused-ring (bicyclic) bond motifs is 1. The lowest BCUT2D eigenvalue weighted by Gasteiger charge is -2.20. The van der Waals surface area contributed by atoms with E-state index in [2.05, 4.69) is 16.0 Å². The number of nitrogens with zero attached hydrogens (tertiary/aromatic N) is 3. The second kappa shape index (κ2) is 27.9. The summed E-state index contributed by atoms with van der Waals surface area (Å²) in [5.41, 5.74) is -0.692. The van der Waals surface area contributed by atoms with Crippen molar-refractivity contribution in [2.75, 3.05) is 111 Å². The maximum atomic E-state index is 12.7. The lowest BCUT2D eigenvalue weighted by molar-refractivity contribution is -0.393. The van der Waals surface area contributed by atoms with Crippen LogP contribution in [0, 0.1) is 20.2 Å². The van der Waals surface area contributed by atoms with Gasteiger partial charge in [0.2, 0.25) is 11.8 Å². The van der Waals surface area contributed by atoms with Gasteiger partial charge in [0.15, 0.2) is 6.29 Å². The maximum Gasteiger partial charge on any atom is 0.419 e. The molecule has 3 rings (SSSR count). The van der Waals surface area contributed by atoms with Gasteiger partial charge in [-0.05, 0) is 45.0 Å². The summed E-state index contributed by atoms with van der Waals surface area (Å²) in [5.74, 6) is -0.0514. The van der Waals surface area contributed by atoms with E-state index in [0.717, 1.165) is 6.07 Å². The van der Waals surface area contributed by atoms with Crippen LogP contribution < -0.4 is 20.7 Å². The highest BCUT2D eigenvalue weighted by Crippen LogP contribution is 2.30. The summed E-state index contributed by atoms with van der Waals surface area (Å²) in [4.78, 5) is 69.1. The molecule has 0 radical (unpaired) electrons. The Bertz CT molecular complexity index is 1900. The van der Waals surface area contributed by atoms with Crippen molar-refractivity contribution in [2.24, 2.45) is 0 Å². The van der Waals surface area contributed by atoms with E-state index in [9.17, 15) is 39.4 Å². The van der Waals surface area contributed by atoms with Gasteiger partial charge >= 0.3 is 6.09 Å². The number of carbonyl (C=O) groups excluding carboxylic acids is 4. The van der Waals surface area contributed by atoms with E-state index in [4.69, 9.17) is 37.9 Å². The second-order valence-electron chi connectivity index (χ2n) is 14.1. The average molecular weight is 877 g/mol. The molecule has 22 nitrogen and oxygen atoms in total. The summed E-state index contributed by atoms with van der Waals surface area (Å²) >= 11 is 0. The normalized spacial score (nSPS) is 11.3. The number of hydrogen-bond donors (Lipinski definition) is 3. The first kappa shape index (κ1) is 50.6. The van der Waals surface area contributed by atoms with Gasteiger partial charge in [0.1, 0.15) is 23.6 Å². The standard InChI is InChI=1S/C40H56N6O16/c1-40(2,3)62-39(50)44-31(29-47)27-32-34(44)5-4-6-36(32)61-26-25-60-24-23-59-22-19-57-16-13-43-38(49)10-9-37(48)42-12-15-56-18-21-58-20-17-55-14-11-41-33-8-7-30(45(51)52)28-35(33)46(53)54/h4-8,27-29,41H,9-26H2,1-3H3,(H,42,48)(H,43,49). The van der Waals surface area contributed by atoms with Crippen LogP contribution in [0.15, 0.2) is 42.5 Å². The Labute approximate surface area is 358 Å². The first-order chi connectivity index (χ1) is 29.8. The lowest BCUT2D eigenvalue weighted by atomic mass is 10.2. The Morgan fingerprint density at radius 2 is 1.19 bits per heavy atom. The van der Waals surface area contributed by atoms with Crippen LogP contribution in [0.2, 0.25) is 0 Å². The minimum atomic E-state index is -0.728. The number of nitrogens with one attached hydrogen (secondary N) is 3. The first-order valence-corrected chi connectivity index (χ1v) is 19.9. The van der Waals surface area contributed by atoms with Gasteiger partial charge in [0.25, 0.3) is 11.4 Å². The van der Waals surface area contributed by atoms with Crippen molar-refractivity contribution in [3.05, 3.63) is 68.4 Å². The molecule has 62 heavy (non-hydrogen) atoms. The zero-order valence-corrected chi connectivity index (χ0v) is 35.2. The zero-order chi connectivity index (χ0) is 45.2. The fraction of sp³-hybridized carbons (Fsp3) is 0.550. The Balaban J connectivity index is 1.07. The molecule has 342 valence electrons. The molecule has 0 atom stereocenters. The quantitative estimate of drug-likeness (QED) is 0.0349. The number of non-ortho nitro benzene ring substituents is 1. The molecular weight excluding hydrogens is 820 g/mol. The number of aromatic nitrogens is 1. The highest BCUT2D eigenvalue weighted by molar-refractivity contribution is 5.99. The minimum Gasteiger partial charge on any atom is -0.490 e. The van der Waals surface area contributed by atoms with Crippen molar-refractivity contribution in [3.8, 4) is 5.75 Å². The number of rotatable bonds is 32. The molecule has 0 aliphatic carbocycles.